The lowest BCUT2D eigenvalue weighted by molar-refractivity contribution is -0.117. The molecule has 2 aromatic carbocycles. The molecule has 6 rings (SSSR count). The molecule has 1 amide bonds. The van der Waals surface area contributed by atoms with Crippen LogP contribution in [0.3, 0.4) is 0 Å². The van der Waals surface area contributed by atoms with E-state index in [-0.39, 0.29) is 17.6 Å². The zero-order chi connectivity index (χ0) is 23.1. The van der Waals surface area contributed by atoms with Gasteiger partial charge in [-0.15, -0.1) is 0 Å². The van der Waals surface area contributed by atoms with Crippen LogP contribution in [0.2, 0.25) is 0 Å². The molecule has 1 aromatic heterocycles. The van der Waals surface area contributed by atoms with E-state index in [1.54, 1.807) is 0 Å². The predicted molar refractivity (Wildman–Crippen MR) is 129 cm³/mol. The molecule has 34 heavy (non-hydrogen) atoms. The molecule has 1 spiro atoms. The highest BCUT2D eigenvalue weighted by molar-refractivity contribution is 5.92. The second-order valence-electron chi connectivity index (χ2n) is 9.71. The average Bonchev–Trinajstić information content (AvgIpc) is 3.35. The van der Waals surface area contributed by atoms with Gasteiger partial charge < -0.3 is 19.8 Å². The highest BCUT2D eigenvalue weighted by atomic mass is 16.7. The highest BCUT2D eigenvalue weighted by Crippen LogP contribution is 2.46. The third-order valence-electron chi connectivity index (χ3n) is 7.35. The largest absolute Gasteiger partial charge is 0.448 e. The molecule has 2 aliphatic heterocycles. The molecular formula is C26H30N4O4. The first-order valence-corrected chi connectivity index (χ1v) is 12.3. The molecule has 0 bridgehead atoms. The number of ether oxygens (including phenoxy) is 2. The molecule has 2 fully saturated rings. The van der Waals surface area contributed by atoms with Gasteiger partial charge in [-0.1, -0.05) is 18.6 Å². The van der Waals surface area contributed by atoms with Gasteiger partial charge in [0.2, 0.25) is 5.91 Å². The molecular weight excluding hydrogens is 432 g/mol. The molecule has 0 unspecified atom stereocenters. The number of aromatic amines is 1. The number of nitrogens with one attached hydrogen (secondary N) is 2. The quantitative estimate of drug-likeness (QED) is 0.611. The smallest absolute Gasteiger partial charge is 0.326 e. The first kappa shape index (κ1) is 21.3. The van der Waals surface area contributed by atoms with Gasteiger partial charge in [0, 0.05) is 43.7 Å². The van der Waals surface area contributed by atoms with Gasteiger partial charge in [-0.3, -0.25) is 14.3 Å². The number of fused-ring (bicyclic) bond motifs is 2. The number of H-pyrrole nitrogens is 1. The number of anilines is 1. The summed E-state index contributed by atoms with van der Waals surface area (Å²) in [4.78, 5) is 30.3. The summed E-state index contributed by atoms with van der Waals surface area (Å²) in [7, 11) is 0. The Morgan fingerprint density at radius 2 is 1.79 bits per heavy atom. The van der Waals surface area contributed by atoms with Gasteiger partial charge in [0.25, 0.3) is 5.79 Å². The van der Waals surface area contributed by atoms with Crippen LogP contribution in [-0.2, 0) is 4.79 Å². The number of rotatable bonds is 4. The molecule has 2 N–H and O–H groups in total. The molecule has 1 saturated heterocycles. The van der Waals surface area contributed by atoms with Gasteiger partial charge in [0.15, 0.2) is 11.5 Å². The number of carbonyl (C=O) groups is 1. The van der Waals surface area contributed by atoms with Gasteiger partial charge in [0.05, 0.1) is 17.6 Å². The van der Waals surface area contributed by atoms with E-state index in [0.717, 1.165) is 74.1 Å². The Morgan fingerprint density at radius 3 is 2.62 bits per heavy atom. The minimum atomic E-state index is -0.514. The fraction of sp³-hybridized carbons (Fsp3) is 0.462. The fourth-order valence-corrected chi connectivity index (χ4v) is 5.64. The summed E-state index contributed by atoms with van der Waals surface area (Å²) in [5, 5.41) is 3.01. The Kier molecular flexibility index (Phi) is 5.32. The van der Waals surface area contributed by atoms with Crippen molar-refractivity contribution >= 4 is 22.6 Å². The van der Waals surface area contributed by atoms with Gasteiger partial charge in [-0.25, -0.2) is 4.79 Å². The topological polar surface area (TPSA) is 88.6 Å². The third-order valence-corrected chi connectivity index (χ3v) is 7.35. The number of hydrogen-bond donors (Lipinski definition) is 2. The molecule has 178 valence electrons. The van der Waals surface area contributed by atoms with Crippen molar-refractivity contribution < 1.29 is 14.3 Å². The van der Waals surface area contributed by atoms with Gasteiger partial charge >= 0.3 is 5.69 Å². The van der Waals surface area contributed by atoms with Crippen molar-refractivity contribution in [2.45, 2.75) is 56.8 Å². The first-order valence-electron chi connectivity index (χ1n) is 12.3. The zero-order valence-corrected chi connectivity index (χ0v) is 19.2. The maximum Gasteiger partial charge on any atom is 0.326 e. The summed E-state index contributed by atoms with van der Waals surface area (Å²) >= 11 is 0. The minimum Gasteiger partial charge on any atom is -0.448 e. The maximum atomic E-state index is 12.7. The van der Waals surface area contributed by atoms with Crippen molar-refractivity contribution in [3.8, 4) is 11.5 Å². The number of hydrogen-bond acceptors (Lipinski definition) is 5. The molecule has 0 atom stereocenters. The van der Waals surface area contributed by atoms with Gasteiger partial charge in [-0.05, 0) is 49.9 Å². The summed E-state index contributed by atoms with van der Waals surface area (Å²) in [6, 6.07) is 13.6. The van der Waals surface area contributed by atoms with Crippen molar-refractivity contribution in [2.24, 2.45) is 0 Å². The SMILES string of the molecule is O=C(CN1CCC(n2c(=O)[nH]c3ccccc32)CC1)Nc1ccc2c(c1)OC1(CCCCC1)O2. The van der Waals surface area contributed by atoms with Crippen LogP contribution >= 0.6 is 0 Å². The molecule has 1 saturated carbocycles. The monoisotopic (exact) mass is 462 g/mol. The summed E-state index contributed by atoms with van der Waals surface area (Å²) in [6.07, 6.45) is 6.94. The van der Waals surface area contributed by atoms with Crippen LogP contribution in [0.25, 0.3) is 11.0 Å². The lowest BCUT2D eigenvalue weighted by Crippen LogP contribution is -2.41. The van der Waals surface area contributed by atoms with Crippen molar-refractivity contribution in [1.82, 2.24) is 14.5 Å². The van der Waals surface area contributed by atoms with Crippen molar-refractivity contribution in [3.05, 3.63) is 52.9 Å². The number of para-hydroxylation sites is 2. The molecule has 3 aromatic rings. The van der Waals surface area contributed by atoms with Gasteiger partial charge in [-0.2, -0.15) is 0 Å². The Hall–Kier alpha value is -3.26. The molecule has 1 aliphatic carbocycles. The minimum absolute atomic E-state index is 0.0473. The second kappa shape index (κ2) is 8.51. The van der Waals surface area contributed by atoms with E-state index in [9.17, 15) is 9.59 Å². The van der Waals surface area contributed by atoms with E-state index >= 15 is 0 Å². The standard InChI is InChI=1S/C26H30N4O4/c31-24(27-18-8-9-22-23(16-18)34-26(33-22)12-4-1-5-13-26)17-29-14-10-19(11-15-29)30-21-7-3-2-6-20(21)28-25(30)32/h2-3,6-9,16,19H,1,4-5,10-15,17H2,(H,27,31)(H,28,32). The summed E-state index contributed by atoms with van der Waals surface area (Å²) in [5.74, 6) is 0.911. The number of benzene rings is 2. The Balaban J connectivity index is 1.05. The molecule has 8 nitrogen and oxygen atoms in total. The van der Waals surface area contributed by atoms with Crippen molar-refractivity contribution in [2.75, 3.05) is 25.0 Å². The lowest BCUT2D eigenvalue weighted by Gasteiger charge is -2.32. The van der Waals surface area contributed by atoms with Crippen molar-refractivity contribution in [1.29, 1.82) is 0 Å². The third kappa shape index (κ3) is 3.96. The van der Waals surface area contributed by atoms with E-state index in [0.29, 0.717) is 12.3 Å². The lowest BCUT2D eigenvalue weighted by atomic mass is 9.94. The van der Waals surface area contributed by atoms with Crippen molar-refractivity contribution in [3.63, 3.8) is 0 Å². The van der Waals surface area contributed by atoms with E-state index in [1.807, 2.05) is 47.0 Å². The number of imidazole rings is 1. The first-order chi connectivity index (χ1) is 16.6. The van der Waals surface area contributed by atoms with Crippen LogP contribution in [0.4, 0.5) is 5.69 Å². The fourth-order valence-electron chi connectivity index (χ4n) is 5.64. The Bertz CT molecular complexity index is 1270. The summed E-state index contributed by atoms with van der Waals surface area (Å²) < 4.78 is 14.2. The summed E-state index contributed by atoms with van der Waals surface area (Å²) in [5.41, 5.74) is 2.48. The summed E-state index contributed by atoms with van der Waals surface area (Å²) in [6.45, 7) is 1.87. The van der Waals surface area contributed by atoms with Crippen LogP contribution in [0, 0.1) is 0 Å². The zero-order valence-electron chi connectivity index (χ0n) is 19.2. The molecule has 3 aliphatic rings. The second-order valence-corrected chi connectivity index (χ2v) is 9.71. The predicted octanol–water partition coefficient (Wildman–Crippen LogP) is 4.04. The number of piperidine rings is 1. The number of carbonyl (C=O) groups excluding carboxylic acids is 1. The normalized spacial score (nSPS) is 20.1. The van der Waals surface area contributed by atoms with Crippen LogP contribution in [0.15, 0.2) is 47.3 Å². The maximum absolute atomic E-state index is 12.7. The molecule has 3 heterocycles. The van der Waals surface area contributed by atoms with E-state index in [2.05, 4.69) is 15.2 Å². The Morgan fingerprint density at radius 1 is 1.03 bits per heavy atom. The van der Waals surface area contributed by atoms with E-state index in [1.165, 1.54) is 6.42 Å². The number of likely N-dealkylation sites (tertiary alicyclic amines) is 1. The van der Waals surface area contributed by atoms with E-state index in [4.69, 9.17) is 9.47 Å². The number of aromatic nitrogens is 2. The molecule has 0 radical (unpaired) electrons. The van der Waals surface area contributed by atoms with E-state index < -0.39 is 5.79 Å². The van der Waals surface area contributed by atoms with Crippen LogP contribution in [-0.4, -0.2) is 45.8 Å². The van der Waals surface area contributed by atoms with Crippen LogP contribution < -0.4 is 20.5 Å². The van der Waals surface area contributed by atoms with Crippen LogP contribution in [0.5, 0.6) is 11.5 Å². The highest BCUT2D eigenvalue weighted by Gasteiger charge is 2.42. The Labute approximate surface area is 197 Å². The van der Waals surface area contributed by atoms with Crippen LogP contribution in [0.1, 0.15) is 51.0 Å². The molecule has 8 heteroatoms. The number of amides is 1. The van der Waals surface area contributed by atoms with Gasteiger partial charge in [0.1, 0.15) is 0 Å². The number of nitrogens with zero attached hydrogens (tertiary/aromatic N) is 2. The average molecular weight is 463 g/mol.